The van der Waals surface area contributed by atoms with Gasteiger partial charge in [-0.1, -0.05) is 11.6 Å². The third-order valence-corrected chi connectivity index (χ3v) is 3.44. The molecule has 0 spiro atoms. The number of carbonyl (C=O) groups is 1. The summed E-state index contributed by atoms with van der Waals surface area (Å²) in [6.07, 6.45) is 1.01. The summed E-state index contributed by atoms with van der Waals surface area (Å²) in [6, 6.07) is 4.95. The molecule has 1 aliphatic heterocycles. The van der Waals surface area contributed by atoms with Crippen LogP contribution in [0.2, 0.25) is 5.02 Å². The first-order chi connectivity index (χ1) is 9.70. The van der Waals surface area contributed by atoms with Gasteiger partial charge in [0.25, 0.3) is 5.91 Å². The minimum Gasteiger partial charge on any atom is -0.495 e. The molecular weight excluding hydrogens is 280 g/mol. The quantitative estimate of drug-likeness (QED) is 0.883. The number of hydrogen-bond donors (Lipinski definition) is 2. The monoisotopic (exact) mass is 298 g/mol. The molecule has 0 aliphatic carbocycles. The fraction of sp³-hybridized carbons (Fsp3) is 0.500. The van der Waals surface area contributed by atoms with Crippen molar-refractivity contribution in [3.05, 3.63) is 28.8 Å². The van der Waals surface area contributed by atoms with Crippen molar-refractivity contribution in [2.24, 2.45) is 0 Å². The molecule has 0 aromatic heterocycles. The van der Waals surface area contributed by atoms with Gasteiger partial charge >= 0.3 is 0 Å². The topological polar surface area (TPSA) is 59.6 Å². The van der Waals surface area contributed by atoms with Gasteiger partial charge in [-0.3, -0.25) is 4.79 Å². The maximum atomic E-state index is 12.1. The average Bonchev–Trinajstić information content (AvgIpc) is 2.74. The maximum absolute atomic E-state index is 12.1. The molecule has 110 valence electrons. The second kappa shape index (κ2) is 7.47. The third-order valence-electron chi connectivity index (χ3n) is 3.13. The lowest BCUT2D eigenvalue weighted by Gasteiger charge is -2.16. The van der Waals surface area contributed by atoms with E-state index in [1.54, 1.807) is 18.2 Å². The second-order valence-electron chi connectivity index (χ2n) is 4.61. The van der Waals surface area contributed by atoms with Crippen molar-refractivity contribution in [3.8, 4) is 5.75 Å². The van der Waals surface area contributed by atoms with Crippen molar-refractivity contribution in [1.82, 2.24) is 10.6 Å². The molecule has 20 heavy (non-hydrogen) atoms. The van der Waals surface area contributed by atoms with Crippen LogP contribution >= 0.6 is 11.6 Å². The van der Waals surface area contributed by atoms with E-state index in [9.17, 15) is 4.79 Å². The van der Waals surface area contributed by atoms with Crippen molar-refractivity contribution in [2.75, 3.05) is 33.4 Å². The lowest BCUT2D eigenvalue weighted by molar-refractivity contribution is 0.0626. The van der Waals surface area contributed by atoms with Crippen LogP contribution in [0.3, 0.4) is 0 Å². The fourth-order valence-electron chi connectivity index (χ4n) is 2.01. The van der Waals surface area contributed by atoms with Crippen LogP contribution in [-0.4, -0.2) is 45.4 Å². The Morgan fingerprint density at radius 3 is 3.25 bits per heavy atom. The fourth-order valence-corrected chi connectivity index (χ4v) is 2.20. The van der Waals surface area contributed by atoms with Gasteiger partial charge in [-0.15, -0.1) is 0 Å². The van der Waals surface area contributed by atoms with Crippen LogP contribution in [0.5, 0.6) is 5.75 Å². The molecule has 1 amide bonds. The van der Waals surface area contributed by atoms with Gasteiger partial charge in [0.1, 0.15) is 5.75 Å². The van der Waals surface area contributed by atoms with Crippen molar-refractivity contribution in [3.63, 3.8) is 0 Å². The minimum atomic E-state index is -0.159. The highest BCUT2D eigenvalue weighted by Gasteiger charge is 2.15. The molecule has 2 N–H and O–H groups in total. The van der Waals surface area contributed by atoms with Crippen LogP contribution in [0, 0.1) is 0 Å². The second-order valence-corrected chi connectivity index (χ2v) is 5.02. The molecule has 1 fully saturated rings. The standard InChI is InChI=1S/C14H19ClN2O3/c1-19-13-7-10(3-4-12(13)15)14(18)17-9-11-8-16-5-2-6-20-11/h3-4,7,11,16H,2,5-6,8-9H2,1H3,(H,17,18). The van der Waals surface area contributed by atoms with E-state index in [1.165, 1.54) is 7.11 Å². The first kappa shape index (κ1) is 15.1. The summed E-state index contributed by atoms with van der Waals surface area (Å²) < 4.78 is 10.7. The molecule has 2 rings (SSSR count). The Labute approximate surface area is 123 Å². The van der Waals surface area contributed by atoms with Crippen LogP contribution in [0.25, 0.3) is 0 Å². The zero-order valence-corrected chi connectivity index (χ0v) is 12.2. The Morgan fingerprint density at radius 2 is 2.45 bits per heavy atom. The van der Waals surface area contributed by atoms with Crippen LogP contribution in [0.1, 0.15) is 16.8 Å². The maximum Gasteiger partial charge on any atom is 0.251 e. The van der Waals surface area contributed by atoms with Crippen LogP contribution < -0.4 is 15.4 Å². The molecule has 0 radical (unpaired) electrons. The highest BCUT2D eigenvalue weighted by atomic mass is 35.5. The number of methoxy groups -OCH3 is 1. The number of carbonyl (C=O) groups excluding carboxylic acids is 1. The van der Waals surface area contributed by atoms with E-state index in [2.05, 4.69) is 10.6 Å². The normalized spacial score (nSPS) is 19.2. The van der Waals surface area contributed by atoms with Crippen LogP contribution in [-0.2, 0) is 4.74 Å². The Bertz CT molecular complexity index is 460. The number of amides is 1. The van der Waals surface area contributed by atoms with E-state index >= 15 is 0 Å². The molecular formula is C14H19ClN2O3. The van der Waals surface area contributed by atoms with E-state index < -0.39 is 0 Å². The SMILES string of the molecule is COc1cc(C(=O)NCC2CNCCCO2)ccc1Cl. The van der Waals surface area contributed by atoms with E-state index in [4.69, 9.17) is 21.1 Å². The first-order valence-corrected chi connectivity index (χ1v) is 7.02. The van der Waals surface area contributed by atoms with Gasteiger partial charge in [0.15, 0.2) is 0 Å². The number of ether oxygens (including phenoxy) is 2. The van der Waals surface area contributed by atoms with Gasteiger partial charge in [-0.2, -0.15) is 0 Å². The number of nitrogens with one attached hydrogen (secondary N) is 2. The van der Waals surface area contributed by atoms with Crippen molar-refractivity contribution < 1.29 is 14.3 Å². The summed E-state index contributed by atoms with van der Waals surface area (Å²) in [5.74, 6) is 0.333. The average molecular weight is 299 g/mol. The van der Waals surface area contributed by atoms with Crippen LogP contribution in [0.15, 0.2) is 18.2 Å². The van der Waals surface area contributed by atoms with E-state index in [1.807, 2.05) is 0 Å². The molecule has 1 atom stereocenters. The largest absolute Gasteiger partial charge is 0.495 e. The van der Waals surface area contributed by atoms with E-state index in [0.29, 0.717) is 22.9 Å². The zero-order valence-electron chi connectivity index (χ0n) is 11.4. The summed E-state index contributed by atoms with van der Waals surface area (Å²) in [5.41, 5.74) is 0.521. The van der Waals surface area contributed by atoms with E-state index in [-0.39, 0.29) is 12.0 Å². The summed E-state index contributed by atoms with van der Waals surface area (Å²) >= 11 is 5.93. The zero-order chi connectivity index (χ0) is 14.4. The van der Waals surface area contributed by atoms with Gasteiger partial charge in [0.2, 0.25) is 0 Å². The molecule has 6 heteroatoms. The Hall–Kier alpha value is -1.30. The molecule has 1 unspecified atom stereocenters. The van der Waals surface area contributed by atoms with E-state index in [0.717, 1.165) is 26.1 Å². The molecule has 1 aromatic carbocycles. The summed E-state index contributed by atoms with van der Waals surface area (Å²) in [7, 11) is 1.52. The lowest BCUT2D eigenvalue weighted by Crippen LogP contribution is -2.38. The number of benzene rings is 1. The van der Waals surface area contributed by atoms with Crippen molar-refractivity contribution >= 4 is 17.5 Å². The molecule has 1 saturated heterocycles. The third kappa shape index (κ3) is 4.10. The first-order valence-electron chi connectivity index (χ1n) is 6.65. The highest BCUT2D eigenvalue weighted by Crippen LogP contribution is 2.24. The molecule has 1 heterocycles. The smallest absolute Gasteiger partial charge is 0.251 e. The summed E-state index contributed by atoms with van der Waals surface area (Å²) in [5, 5.41) is 6.62. The molecule has 0 bridgehead atoms. The summed E-state index contributed by atoms with van der Waals surface area (Å²) in [4.78, 5) is 12.1. The molecule has 5 nitrogen and oxygen atoms in total. The number of halogens is 1. The van der Waals surface area contributed by atoms with Gasteiger partial charge in [-0.05, 0) is 31.2 Å². The molecule has 1 aromatic rings. The minimum absolute atomic E-state index is 0.00986. The molecule has 1 aliphatic rings. The lowest BCUT2D eigenvalue weighted by atomic mass is 10.2. The Kier molecular flexibility index (Phi) is 5.64. The number of rotatable bonds is 4. The van der Waals surface area contributed by atoms with Gasteiger partial charge < -0.3 is 20.1 Å². The molecule has 0 saturated carbocycles. The van der Waals surface area contributed by atoms with Gasteiger partial charge in [-0.25, -0.2) is 0 Å². The van der Waals surface area contributed by atoms with Crippen molar-refractivity contribution in [2.45, 2.75) is 12.5 Å². The van der Waals surface area contributed by atoms with Crippen LogP contribution in [0.4, 0.5) is 0 Å². The highest BCUT2D eigenvalue weighted by molar-refractivity contribution is 6.32. The predicted molar refractivity (Wildman–Crippen MR) is 77.6 cm³/mol. The predicted octanol–water partition coefficient (Wildman–Crippen LogP) is 1.46. The van der Waals surface area contributed by atoms with Gasteiger partial charge in [0.05, 0.1) is 18.2 Å². The Morgan fingerprint density at radius 1 is 1.60 bits per heavy atom. The van der Waals surface area contributed by atoms with Gasteiger partial charge in [0, 0.05) is 25.3 Å². The Balaban J connectivity index is 1.90. The summed E-state index contributed by atoms with van der Waals surface area (Å²) in [6.45, 7) is 2.92. The van der Waals surface area contributed by atoms with Crippen molar-refractivity contribution in [1.29, 1.82) is 0 Å². The number of hydrogen-bond acceptors (Lipinski definition) is 4.